The van der Waals surface area contributed by atoms with E-state index < -0.39 is 0 Å². The number of benzene rings is 2. The molecule has 5 heteroatoms. The fraction of sp³-hybridized carbons (Fsp3) is 0.316. The number of hydrogen-bond acceptors (Lipinski definition) is 3. The molecule has 0 aliphatic carbocycles. The molecule has 0 saturated heterocycles. The average Bonchev–Trinajstić information content (AvgIpc) is 2.56. The lowest BCUT2D eigenvalue weighted by atomic mass is 10.1. The van der Waals surface area contributed by atoms with Gasteiger partial charge in [0.1, 0.15) is 0 Å². The number of carbonyl (C=O) groups is 1. The normalized spacial score (nSPS) is 11.7. The van der Waals surface area contributed by atoms with E-state index in [2.05, 4.69) is 5.32 Å². The van der Waals surface area contributed by atoms with Crippen LogP contribution in [-0.2, 0) is 0 Å². The molecule has 2 rings (SSSR count). The second kappa shape index (κ2) is 8.60. The number of nitrogens with one attached hydrogen (secondary N) is 1. The molecule has 0 unspecified atom stereocenters. The molecule has 4 nitrogen and oxygen atoms in total. The molecule has 0 aromatic heterocycles. The van der Waals surface area contributed by atoms with Crippen molar-refractivity contribution >= 4 is 17.5 Å². The van der Waals surface area contributed by atoms with Crippen LogP contribution < -0.4 is 14.8 Å². The van der Waals surface area contributed by atoms with Crippen molar-refractivity contribution in [1.29, 1.82) is 0 Å². The summed E-state index contributed by atoms with van der Waals surface area (Å²) in [4.78, 5) is 12.3. The van der Waals surface area contributed by atoms with Crippen molar-refractivity contribution in [1.82, 2.24) is 5.32 Å². The Morgan fingerprint density at radius 2 is 1.79 bits per heavy atom. The number of carbonyl (C=O) groups excluding carboxylic acids is 1. The zero-order valence-electron chi connectivity index (χ0n) is 14.1. The first-order valence-corrected chi connectivity index (χ1v) is 8.38. The molecule has 0 bridgehead atoms. The van der Waals surface area contributed by atoms with Gasteiger partial charge in [-0.15, -0.1) is 0 Å². The topological polar surface area (TPSA) is 47.6 Å². The highest BCUT2D eigenvalue weighted by atomic mass is 35.5. The fourth-order valence-corrected chi connectivity index (χ4v) is 2.52. The van der Waals surface area contributed by atoms with Gasteiger partial charge in [0.15, 0.2) is 11.5 Å². The van der Waals surface area contributed by atoms with Gasteiger partial charge in [-0.2, -0.15) is 0 Å². The second-order valence-corrected chi connectivity index (χ2v) is 5.71. The third-order valence-corrected chi connectivity index (χ3v) is 3.74. The van der Waals surface area contributed by atoms with Gasteiger partial charge < -0.3 is 14.8 Å². The Kier molecular flexibility index (Phi) is 6.50. The van der Waals surface area contributed by atoms with E-state index in [9.17, 15) is 4.79 Å². The predicted molar refractivity (Wildman–Crippen MR) is 96.1 cm³/mol. The summed E-state index contributed by atoms with van der Waals surface area (Å²) in [5, 5.41) is 3.50. The van der Waals surface area contributed by atoms with Gasteiger partial charge in [0.2, 0.25) is 0 Å². The molecule has 0 aliphatic rings. The molecule has 1 atom stereocenters. The van der Waals surface area contributed by atoms with Crippen LogP contribution in [0.4, 0.5) is 0 Å². The Morgan fingerprint density at radius 1 is 1.08 bits per heavy atom. The molecule has 128 valence electrons. The lowest BCUT2D eigenvalue weighted by Crippen LogP contribution is -2.26. The highest BCUT2D eigenvalue weighted by Crippen LogP contribution is 2.30. The van der Waals surface area contributed by atoms with E-state index in [1.165, 1.54) is 0 Å². The van der Waals surface area contributed by atoms with Gasteiger partial charge in [0.05, 0.1) is 19.3 Å². The third kappa shape index (κ3) is 4.65. The Balaban J connectivity index is 2.15. The quantitative estimate of drug-likeness (QED) is 0.794. The maximum absolute atomic E-state index is 12.3. The Bertz CT molecular complexity index is 703. The molecule has 0 spiro atoms. The number of halogens is 1. The van der Waals surface area contributed by atoms with Crippen LogP contribution in [-0.4, -0.2) is 19.1 Å². The minimum atomic E-state index is -0.175. The van der Waals surface area contributed by atoms with Crippen molar-refractivity contribution in [2.45, 2.75) is 26.8 Å². The number of amides is 1. The maximum atomic E-state index is 12.3. The van der Waals surface area contributed by atoms with Crippen molar-refractivity contribution in [2.75, 3.05) is 13.2 Å². The molecule has 0 saturated carbocycles. The molecule has 2 aromatic rings. The summed E-state index contributed by atoms with van der Waals surface area (Å²) in [5.74, 6) is 1.22. The van der Waals surface area contributed by atoms with E-state index in [0.29, 0.717) is 35.3 Å². The molecule has 0 heterocycles. The van der Waals surface area contributed by atoms with Crippen molar-refractivity contribution in [3.8, 4) is 11.5 Å². The van der Waals surface area contributed by atoms with Crippen LogP contribution in [0.25, 0.3) is 0 Å². The number of hydrogen-bond donors (Lipinski definition) is 1. The van der Waals surface area contributed by atoms with Gasteiger partial charge >= 0.3 is 0 Å². The highest BCUT2D eigenvalue weighted by Gasteiger charge is 2.14. The van der Waals surface area contributed by atoms with E-state index in [4.69, 9.17) is 21.1 Å². The third-order valence-electron chi connectivity index (χ3n) is 3.50. The second-order valence-electron chi connectivity index (χ2n) is 5.28. The fourth-order valence-electron chi connectivity index (χ4n) is 2.33. The smallest absolute Gasteiger partial charge is 0.251 e. The lowest BCUT2D eigenvalue weighted by Gasteiger charge is -2.17. The Morgan fingerprint density at radius 3 is 2.46 bits per heavy atom. The highest BCUT2D eigenvalue weighted by molar-refractivity contribution is 6.30. The van der Waals surface area contributed by atoms with Crippen LogP contribution in [0.15, 0.2) is 42.5 Å². The standard InChI is InChI=1S/C19H22ClNO3/c1-4-23-17-10-9-14(12-18(17)24-5-2)13(3)21-19(22)15-7-6-8-16(20)11-15/h6-13H,4-5H2,1-3H3,(H,21,22)/t13-/m1/s1. The van der Waals surface area contributed by atoms with Gasteiger partial charge in [0.25, 0.3) is 5.91 Å². The molecule has 1 amide bonds. The van der Waals surface area contributed by atoms with E-state index in [1.807, 2.05) is 39.0 Å². The van der Waals surface area contributed by atoms with Crippen molar-refractivity contribution in [2.24, 2.45) is 0 Å². The van der Waals surface area contributed by atoms with Crippen LogP contribution in [0.5, 0.6) is 11.5 Å². The van der Waals surface area contributed by atoms with Crippen molar-refractivity contribution < 1.29 is 14.3 Å². The first-order valence-electron chi connectivity index (χ1n) is 8.01. The molecular weight excluding hydrogens is 326 g/mol. The Hall–Kier alpha value is -2.20. The Labute approximate surface area is 147 Å². The van der Waals surface area contributed by atoms with E-state index in [0.717, 1.165) is 5.56 Å². The summed E-state index contributed by atoms with van der Waals surface area (Å²) in [6, 6.07) is 12.4. The molecule has 0 fully saturated rings. The average molecular weight is 348 g/mol. The van der Waals surface area contributed by atoms with Crippen LogP contribution in [0.1, 0.15) is 42.7 Å². The summed E-state index contributed by atoms with van der Waals surface area (Å²) in [5.41, 5.74) is 1.47. The van der Waals surface area contributed by atoms with Gasteiger partial charge in [-0.05, 0) is 56.7 Å². The van der Waals surface area contributed by atoms with E-state index in [1.54, 1.807) is 24.3 Å². The van der Waals surface area contributed by atoms with E-state index in [-0.39, 0.29) is 11.9 Å². The van der Waals surface area contributed by atoms with Gasteiger partial charge in [-0.1, -0.05) is 23.7 Å². The van der Waals surface area contributed by atoms with Gasteiger partial charge in [-0.3, -0.25) is 4.79 Å². The zero-order valence-corrected chi connectivity index (χ0v) is 14.9. The summed E-state index contributed by atoms with van der Waals surface area (Å²) >= 11 is 5.93. The SMILES string of the molecule is CCOc1ccc([C@@H](C)NC(=O)c2cccc(Cl)c2)cc1OCC. The summed E-state index contributed by atoms with van der Waals surface area (Å²) < 4.78 is 11.2. The summed E-state index contributed by atoms with van der Waals surface area (Å²) in [6.07, 6.45) is 0. The molecule has 2 aromatic carbocycles. The lowest BCUT2D eigenvalue weighted by molar-refractivity contribution is 0.0940. The molecule has 1 N–H and O–H groups in total. The number of rotatable bonds is 7. The first-order chi connectivity index (χ1) is 11.5. The van der Waals surface area contributed by atoms with Crippen molar-refractivity contribution in [3.05, 3.63) is 58.6 Å². The molecule has 24 heavy (non-hydrogen) atoms. The largest absolute Gasteiger partial charge is 0.490 e. The molecule has 0 aliphatic heterocycles. The summed E-state index contributed by atoms with van der Waals surface area (Å²) in [7, 11) is 0. The summed E-state index contributed by atoms with van der Waals surface area (Å²) in [6.45, 7) is 6.89. The predicted octanol–water partition coefficient (Wildman–Crippen LogP) is 4.63. The van der Waals surface area contributed by atoms with Gasteiger partial charge in [-0.25, -0.2) is 0 Å². The minimum Gasteiger partial charge on any atom is -0.490 e. The molecular formula is C19H22ClNO3. The zero-order chi connectivity index (χ0) is 17.5. The van der Waals surface area contributed by atoms with Crippen LogP contribution in [0, 0.1) is 0 Å². The van der Waals surface area contributed by atoms with Crippen LogP contribution in [0.3, 0.4) is 0 Å². The van der Waals surface area contributed by atoms with E-state index >= 15 is 0 Å². The van der Waals surface area contributed by atoms with Crippen LogP contribution >= 0.6 is 11.6 Å². The van der Waals surface area contributed by atoms with Gasteiger partial charge in [0, 0.05) is 10.6 Å². The molecule has 0 radical (unpaired) electrons. The monoisotopic (exact) mass is 347 g/mol. The maximum Gasteiger partial charge on any atom is 0.251 e. The first kappa shape index (κ1) is 18.1. The minimum absolute atomic E-state index is 0.170. The van der Waals surface area contributed by atoms with Crippen LogP contribution in [0.2, 0.25) is 5.02 Å². The van der Waals surface area contributed by atoms with Crippen molar-refractivity contribution in [3.63, 3.8) is 0 Å². The number of ether oxygens (including phenoxy) is 2.